The first kappa shape index (κ1) is 27.1. The highest BCUT2D eigenvalue weighted by atomic mass is 32.2. The zero-order valence-corrected chi connectivity index (χ0v) is 19.7. The maximum absolute atomic E-state index is 12.8. The second kappa shape index (κ2) is 12.4. The summed E-state index contributed by atoms with van der Waals surface area (Å²) in [6.45, 7) is 2.78. The number of sulfonamides is 1. The van der Waals surface area contributed by atoms with Gasteiger partial charge in [0.1, 0.15) is 11.6 Å². The van der Waals surface area contributed by atoms with Crippen LogP contribution >= 0.6 is 0 Å². The van der Waals surface area contributed by atoms with Crippen LogP contribution in [0.3, 0.4) is 0 Å². The third-order valence-electron chi connectivity index (χ3n) is 4.91. The van der Waals surface area contributed by atoms with Gasteiger partial charge in [-0.25, -0.2) is 8.42 Å². The molecule has 0 saturated heterocycles. The van der Waals surface area contributed by atoms with Gasteiger partial charge >= 0.3 is 0 Å². The fraction of sp³-hybridized carbons (Fsp3) is 0.429. The summed E-state index contributed by atoms with van der Waals surface area (Å²) >= 11 is 0. The lowest BCUT2D eigenvalue weighted by Crippen LogP contribution is -2.33. The van der Waals surface area contributed by atoms with Crippen molar-refractivity contribution >= 4 is 21.4 Å². The molecule has 34 heavy (non-hydrogen) atoms. The number of hydrogen-bond acceptors (Lipinski definition) is 10. The molecule has 0 aliphatic carbocycles. The molecule has 1 heterocycles. The smallest absolute Gasteiger partial charge is 0.281 e. The van der Waals surface area contributed by atoms with Crippen LogP contribution in [0, 0.1) is 18.3 Å². The second-order valence-electron chi connectivity index (χ2n) is 6.99. The van der Waals surface area contributed by atoms with Gasteiger partial charge in [-0.05, 0) is 31.2 Å². The van der Waals surface area contributed by atoms with Gasteiger partial charge in [-0.1, -0.05) is 6.92 Å². The normalized spacial score (nSPS) is 11.9. The number of aliphatic hydroxyl groups excluding tert-OH is 2. The molecule has 2 aromatic rings. The summed E-state index contributed by atoms with van der Waals surface area (Å²) in [5.74, 6) is -0.519. The molecule has 0 bridgehead atoms. The minimum atomic E-state index is -3.79. The van der Waals surface area contributed by atoms with Gasteiger partial charge in [0.25, 0.3) is 5.56 Å². The number of nitriles is 1. The van der Waals surface area contributed by atoms with Crippen LogP contribution < -0.4 is 5.56 Å². The monoisotopic (exact) mass is 493 g/mol. The Morgan fingerprint density at radius 2 is 1.82 bits per heavy atom. The number of rotatable bonds is 12. The first-order valence-corrected chi connectivity index (χ1v) is 11.8. The van der Waals surface area contributed by atoms with E-state index in [0.717, 1.165) is 8.87 Å². The summed E-state index contributed by atoms with van der Waals surface area (Å²) in [6.07, 6.45) is 0. The Kier molecular flexibility index (Phi) is 9.84. The number of nitrogens with zero attached hydrogens (tertiary/aromatic N) is 5. The second-order valence-corrected chi connectivity index (χ2v) is 8.93. The molecule has 1 aromatic carbocycles. The van der Waals surface area contributed by atoms with Crippen LogP contribution in [0.2, 0.25) is 0 Å². The predicted molar refractivity (Wildman–Crippen MR) is 122 cm³/mol. The zero-order chi connectivity index (χ0) is 25.3. The fourth-order valence-corrected chi connectivity index (χ4v) is 4.53. The summed E-state index contributed by atoms with van der Waals surface area (Å²) in [5, 5.41) is 45.5. The minimum absolute atomic E-state index is 0.0134. The number of aromatic hydroxyl groups is 1. The van der Waals surface area contributed by atoms with E-state index in [4.69, 9.17) is 14.9 Å². The topological polar surface area (TPSA) is 178 Å². The molecule has 0 unspecified atom stereocenters. The van der Waals surface area contributed by atoms with E-state index in [0.29, 0.717) is 0 Å². The number of hydrogen-bond donors (Lipinski definition) is 3. The Morgan fingerprint density at radius 3 is 2.38 bits per heavy atom. The maximum Gasteiger partial charge on any atom is 0.281 e. The Hall–Kier alpha value is -3.15. The number of pyridine rings is 1. The summed E-state index contributed by atoms with van der Waals surface area (Å²) in [7, 11) is -3.79. The summed E-state index contributed by atoms with van der Waals surface area (Å²) in [4.78, 5) is 12.9. The lowest BCUT2D eigenvalue weighted by atomic mass is 10.1. The molecule has 2 rings (SSSR count). The van der Waals surface area contributed by atoms with Crippen LogP contribution in [-0.4, -0.2) is 72.1 Å². The lowest BCUT2D eigenvalue weighted by molar-refractivity contribution is 0.0854. The molecule has 0 aliphatic rings. The maximum atomic E-state index is 12.8. The molecule has 0 fully saturated rings. The van der Waals surface area contributed by atoms with Gasteiger partial charge < -0.3 is 20.1 Å². The van der Waals surface area contributed by atoms with Crippen LogP contribution in [0.25, 0.3) is 0 Å². The highest BCUT2D eigenvalue weighted by Crippen LogP contribution is 2.27. The average molecular weight is 494 g/mol. The molecule has 0 saturated carbocycles. The molecule has 0 aliphatic heterocycles. The van der Waals surface area contributed by atoms with E-state index in [1.807, 2.05) is 6.07 Å². The van der Waals surface area contributed by atoms with Gasteiger partial charge in [-0.2, -0.15) is 14.7 Å². The number of aliphatic hydroxyl groups is 2. The number of ether oxygens (including phenoxy) is 1. The molecule has 184 valence electrons. The van der Waals surface area contributed by atoms with Crippen molar-refractivity contribution in [2.75, 3.05) is 39.5 Å². The van der Waals surface area contributed by atoms with Gasteiger partial charge in [-0.3, -0.25) is 9.36 Å². The Bertz CT molecular complexity index is 1220. The van der Waals surface area contributed by atoms with Crippen molar-refractivity contribution in [2.45, 2.75) is 25.3 Å². The quantitative estimate of drug-likeness (QED) is 0.291. The Morgan fingerprint density at radius 1 is 1.15 bits per heavy atom. The molecule has 3 N–H and O–H groups in total. The van der Waals surface area contributed by atoms with Crippen LogP contribution in [0.1, 0.15) is 18.1 Å². The van der Waals surface area contributed by atoms with E-state index >= 15 is 0 Å². The van der Waals surface area contributed by atoms with Crippen molar-refractivity contribution in [2.24, 2.45) is 10.2 Å². The van der Waals surface area contributed by atoms with E-state index < -0.39 is 21.5 Å². The number of azo groups is 1. The Labute approximate surface area is 197 Å². The zero-order valence-electron chi connectivity index (χ0n) is 18.9. The molecule has 13 heteroatoms. The number of likely N-dealkylation sites (N-methyl/N-ethyl adjacent to an activating group) is 1. The van der Waals surface area contributed by atoms with Gasteiger partial charge in [0.15, 0.2) is 5.69 Å². The highest BCUT2D eigenvalue weighted by molar-refractivity contribution is 7.89. The van der Waals surface area contributed by atoms with Gasteiger partial charge in [-0.15, -0.1) is 5.11 Å². The van der Waals surface area contributed by atoms with Crippen molar-refractivity contribution in [3.8, 4) is 11.9 Å². The van der Waals surface area contributed by atoms with Crippen molar-refractivity contribution < 1.29 is 28.5 Å². The number of aromatic nitrogens is 1. The van der Waals surface area contributed by atoms with Gasteiger partial charge in [0.2, 0.25) is 15.9 Å². The fourth-order valence-electron chi connectivity index (χ4n) is 3.09. The van der Waals surface area contributed by atoms with Gasteiger partial charge in [0, 0.05) is 18.7 Å². The predicted octanol–water partition coefficient (Wildman–Crippen LogP) is 1.16. The van der Waals surface area contributed by atoms with Crippen molar-refractivity contribution in [1.29, 1.82) is 5.26 Å². The van der Waals surface area contributed by atoms with E-state index in [9.17, 15) is 23.6 Å². The van der Waals surface area contributed by atoms with E-state index in [2.05, 4.69) is 10.2 Å². The summed E-state index contributed by atoms with van der Waals surface area (Å²) in [6, 6.07) is 7.33. The van der Waals surface area contributed by atoms with Crippen molar-refractivity contribution in [3.63, 3.8) is 0 Å². The highest BCUT2D eigenvalue weighted by Gasteiger charge is 2.22. The van der Waals surface area contributed by atoms with Crippen LogP contribution in [0.4, 0.5) is 11.4 Å². The third kappa shape index (κ3) is 6.04. The molecule has 1 aromatic heterocycles. The molecular formula is C21H27N5O7S. The lowest BCUT2D eigenvalue weighted by Gasteiger charge is -2.19. The van der Waals surface area contributed by atoms with E-state index in [1.54, 1.807) is 6.92 Å². The molecule has 0 spiro atoms. The summed E-state index contributed by atoms with van der Waals surface area (Å²) < 4.78 is 32.5. The first-order chi connectivity index (χ1) is 16.2. The minimum Gasteiger partial charge on any atom is -0.493 e. The molecule has 0 atom stereocenters. The van der Waals surface area contributed by atoms with Gasteiger partial charge in [0.05, 0.1) is 43.6 Å². The largest absolute Gasteiger partial charge is 0.493 e. The van der Waals surface area contributed by atoms with Crippen molar-refractivity contribution in [3.05, 3.63) is 45.7 Å². The summed E-state index contributed by atoms with van der Waals surface area (Å²) in [5.41, 5.74) is -0.587. The van der Waals surface area contributed by atoms with Crippen LogP contribution in [0.15, 0.2) is 44.2 Å². The molecule has 12 nitrogen and oxygen atoms in total. The standard InChI is InChI=1S/C21H27N5O7S/c1-3-25(8-10-27)34(31,32)17-6-4-16(5-7-17)23-24-19-15(2)18(14-22)20(29)26(21(19)30)9-12-33-13-11-28/h4-7,27-29H,3,8-13H2,1-2H3. The molecular weight excluding hydrogens is 466 g/mol. The van der Waals surface area contributed by atoms with Crippen molar-refractivity contribution in [1.82, 2.24) is 8.87 Å². The average Bonchev–Trinajstić information content (AvgIpc) is 2.82. The van der Waals surface area contributed by atoms with E-state index in [-0.39, 0.29) is 73.5 Å². The Balaban J connectivity index is 2.38. The SMILES string of the molecule is CCN(CCO)S(=O)(=O)c1ccc(N=Nc2c(C)c(C#N)c(O)n(CCOCCO)c2=O)cc1. The van der Waals surface area contributed by atoms with Crippen LogP contribution in [0.5, 0.6) is 5.88 Å². The third-order valence-corrected chi connectivity index (χ3v) is 6.89. The number of benzene rings is 1. The van der Waals surface area contributed by atoms with E-state index in [1.165, 1.54) is 31.2 Å². The van der Waals surface area contributed by atoms with Crippen LogP contribution in [-0.2, 0) is 21.3 Å². The molecule has 0 amide bonds. The molecule has 0 radical (unpaired) electrons. The first-order valence-electron chi connectivity index (χ1n) is 10.4.